The maximum atomic E-state index is 13.2. The van der Waals surface area contributed by atoms with Crippen LogP contribution in [0.1, 0.15) is 0 Å². The molecule has 0 saturated heterocycles. The third-order valence-corrected chi connectivity index (χ3v) is 7.90. The van der Waals surface area contributed by atoms with E-state index in [0.717, 1.165) is 42.5 Å². The number of hydrogen-bond acceptors (Lipinski definition) is 3. The smallest absolute Gasteiger partial charge is 0.177 e. The first-order valence-electron chi connectivity index (χ1n) is 11.8. The van der Waals surface area contributed by atoms with Crippen molar-refractivity contribution in [2.75, 3.05) is 0 Å². The second-order valence-electron chi connectivity index (χ2n) is 8.76. The number of hydrogen-bond donors (Lipinski definition) is 0. The number of benzene rings is 6. The van der Waals surface area contributed by atoms with Gasteiger partial charge in [-0.15, -0.1) is 0 Å². The standard InChI is InChI=1S/C32H20O3S/c33-36(24-12-2-1-3-13-24)25-14-8-11-23(17-25)28-20-31-32(27-16-7-6-15-26(27)28)35-30-19-22-10-5-4-9-21(22)18-29(30)34-31/h1-20H. The van der Waals surface area contributed by atoms with Crippen LogP contribution in [-0.4, -0.2) is 4.55 Å². The van der Waals surface area contributed by atoms with E-state index in [9.17, 15) is 4.55 Å². The van der Waals surface area contributed by atoms with Crippen molar-refractivity contribution in [1.82, 2.24) is 0 Å². The van der Waals surface area contributed by atoms with Gasteiger partial charge in [0.25, 0.3) is 0 Å². The van der Waals surface area contributed by atoms with E-state index in [1.54, 1.807) is 0 Å². The Bertz CT molecular complexity index is 1760. The minimum atomic E-state index is -1.27. The molecular formula is C32H20O3S. The minimum absolute atomic E-state index is 0.668. The summed E-state index contributed by atoms with van der Waals surface area (Å²) in [6.07, 6.45) is 0. The van der Waals surface area contributed by atoms with Crippen LogP contribution in [0.4, 0.5) is 0 Å². The summed E-state index contributed by atoms with van der Waals surface area (Å²) in [5, 5.41) is 4.22. The number of ether oxygens (including phenoxy) is 2. The van der Waals surface area contributed by atoms with Crippen molar-refractivity contribution >= 4 is 32.7 Å². The Kier molecular flexibility index (Phi) is 4.95. The average Bonchev–Trinajstić information content (AvgIpc) is 2.95. The van der Waals surface area contributed by atoms with Gasteiger partial charge in [-0.25, -0.2) is 0 Å². The van der Waals surface area contributed by atoms with Crippen molar-refractivity contribution in [3.63, 3.8) is 0 Å². The lowest BCUT2D eigenvalue weighted by Crippen LogP contribution is -2.02. The molecule has 0 saturated carbocycles. The first kappa shape index (κ1) is 21.1. The quantitative estimate of drug-likeness (QED) is 0.236. The molecule has 0 spiro atoms. The van der Waals surface area contributed by atoms with Gasteiger partial charge in [0.2, 0.25) is 0 Å². The Morgan fingerprint density at radius 2 is 1.14 bits per heavy atom. The molecule has 0 radical (unpaired) electrons. The highest BCUT2D eigenvalue weighted by Gasteiger charge is 2.24. The topological polar surface area (TPSA) is 41.5 Å². The highest BCUT2D eigenvalue weighted by molar-refractivity contribution is 7.91. The summed E-state index contributed by atoms with van der Waals surface area (Å²) >= 11 is -1.27. The first-order chi connectivity index (χ1) is 17.7. The van der Waals surface area contributed by atoms with Gasteiger partial charge in [0.15, 0.2) is 32.8 Å². The number of rotatable bonds is 3. The van der Waals surface area contributed by atoms with Gasteiger partial charge >= 0.3 is 0 Å². The zero-order chi connectivity index (χ0) is 24.1. The van der Waals surface area contributed by atoms with Crippen molar-refractivity contribution in [1.29, 1.82) is 0 Å². The second-order valence-corrected chi connectivity index (χ2v) is 10.2. The van der Waals surface area contributed by atoms with Crippen LogP contribution in [0.2, 0.25) is 0 Å². The largest absolute Gasteiger partial charge is 0.606 e. The molecule has 3 nitrogen and oxygen atoms in total. The van der Waals surface area contributed by atoms with Crippen LogP contribution in [0.3, 0.4) is 0 Å². The highest BCUT2D eigenvalue weighted by Crippen LogP contribution is 2.52. The predicted octanol–water partition coefficient (Wildman–Crippen LogP) is 8.72. The molecule has 0 bridgehead atoms. The summed E-state index contributed by atoms with van der Waals surface area (Å²) in [6, 6.07) is 39.9. The molecule has 0 aliphatic carbocycles. The van der Waals surface area contributed by atoms with Crippen LogP contribution in [0.5, 0.6) is 23.0 Å². The van der Waals surface area contributed by atoms with Crippen LogP contribution >= 0.6 is 0 Å². The van der Waals surface area contributed by atoms with E-state index >= 15 is 0 Å². The zero-order valence-electron chi connectivity index (χ0n) is 19.2. The van der Waals surface area contributed by atoms with E-state index in [-0.39, 0.29) is 0 Å². The summed E-state index contributed by atoms with van der Waals surface area (Å²) in [5.74, 6) is 2.78. The van der Waals surface area contributed by atoms with Gasteiger partial charge in [0.05, 0.1) is 0 Å². The molecule has 1 heterocycles. The molecule has 36 heavy (non-hydrogen) atoms. The Labute approximate surface area is 211 Å². The normalized spacial score (nSPS) is 12.9. The lowest BCUT2D eigenvalue weighted by molar-refractivity contribution is 0.364. The number of fused-ring (bicyclic) bond motifs is 5. The van der Waals surface area contributed by atoms with Gasteiger partial charge in [0.1, 0.15) is 0 Å². The van der Waals surface area contributed by atoms with E-state index in [2.05, 4.69) is 24.3 Å². The average molecular weight is 485 g/mol. The van der Waals surface area contributed by atoms with E-state index in [1.807, 2.05) is 97.1 Å². The van der Waals surface area contributed by atoms with Gasteiger partial charge < -0.3 is 14.0 Å². The Balaban J connectivity index is 1.37. The zero-order valence-corrected chi connectivity index (χ0v) is 20.0. The lowest BCUT2D eigenvalue weighted by atomic mass is 9.96. The fraction of sp³-hybridized carbons (Fsp3) is 0. The first-order valence-corrected chi connectivity index (χ1v) is 12.9. The summed E-state index contributed by atoms with van der Waals surface area (Å²) in [4.78, 5) is 1.54. The SMILES string of the molecule is [O-][S+](c1ccccc1)c1cccc(-c2cc3c(c4ccccc24)Oc2cc4ccccc4cc2O3)c1. The van der Waals surface area contributed by atoms with Crippen molar-refractivity contribution in [2.24, 2.45) is 0 Å². The Morgan fingerprint density at radius 3 is 1.92 bits per heavy atom. The van der Waals surface area contributed by atoms with Crippen LogP contribution < -0.4 is 9.47 Å². The minimum Gasteiger partial charge on any atom is -0.606 e. The monoisotopic (exact) mass is 484 g/mol. The molecule has 6 aromatic carbocycles. The van der Waals surface area contributed by atoms with Crippen LogP contribution in [-0.2, 0) is 11.2 Å². The molecule has 0 N–H and O–H groups in total. The molecular weight excluding hydrogens is 464 g/mol. The van der Waals surface area contributed by atoms with Crippen LogP contribution in [0, 0.1) is 0 Å². The van der Waals surface area contributed by atoms with Gasteiger partial charge in [-0.1, -0.05) is 78.9 Å². The Hall–Kier alpha value is -4.25. The Morgan fingerprint density at radius 1 is 0.500 bits per heavy atom. The molecule has 1 unspecified atom stereocenters. The fourth-order valence-electron chi connectivity index (χ4n) is 4.79. The van der Waals surface area contributed by atoms with Gasteiger partial charge in [0, 0.05) is 22.6 Å². The molecule has 0 aromatic heterocycles. The molecule has 1 aliphatic heterocycles. The van der Waals surface area contributed by atoms with Crippen LogP contribution in [0.25, 0.3) is 32.7 Å². The van der Waals surface area contributed by atoms with E-state index in [0.29, 0.717) is 23.0 Å². The van der Waals surface area contributed by atoms with Crippen LogP contribution in [0.15, 0.2) is 131 Å². The molecule has 6 aromatic rings. The van der Waals surface area contributed by atoms with E-state index in [4.69, 9.17) is 9.47 Å². The van der Waals surface area contributed by atoms with E-state index in [1.165, 1.54) is 0 Å². The molecule has 1 atom stereocenters. The van der Waals surface area contributed by atoms with Gasteiger partial charge in [-0.05, 0) is 63.7 Å². The third kappa shape index (κ3) is 3.51. The van der Waals surface area contributed by atoms with Gasteiger partial charge in [-0.3, -0.25) is 0 Å². The summed E-state index contributed by atoms with van der Waals surface area (Å²) in [7, 11) is 0. The molecule has 0 fully saturated rings. The van der Waals surface area contributed by atoms with Gasteiger partial charge in [-0.2, -0.15) is 0 Å². The third-order valence-electron chi connectivity index (χ3n) is 6.52. The maximum absolute atomic E-state index is 13.2. The molecule has 0 amide bonds. The molecule has 1 aliphatic rings. The summed E-state index contributed by atoms with van der Waals surface area (Å²) < 4.78 is 26.1. The van der Waals surface area contributed by atoms with Crippen molar-refractivity contribution in [3.05, 3.63) is 121 Å². The van der Waals surface area contributed by atoms with E-state index < -0.39 is 11.2 Å². The summed E-state index contributed by atoms with van der Waals surface area (Å²) in [6.45, 7) is 0. The van der Waals surface area contributed by atoms with Crippen molar-refractivity contribution in [2.45, 2.75) is 9.79 Å². The lowest BCUT2D eigenvalue weighted by Gasteiger charge is -2.24. The second kappa shape index (κ2) is 8.45. The molecule has 172 valence electrons. The fourth-order valence-corrected chi connectivity index (χ4v) is 5.90. The summed E-state index contributed by atoms with van der Waals surface area (Å²) in [5.41, 5.74) is 1.98. The van der Waals surface area contributed by atoms with Crippen molar-refractivity contribution < 1.29 is 14.0 Å². The van der Waals surface area contributed by atoms with Crippen molar-refractivity contribution in [3.8, 4) is 34.1 Å². The molecule has 4 heteroatoms. The maximum Gasteiger partial charge on any atom is 0.177 e. The highest BCUT2D eigenvalue weighted by atomic mass is 32.2. The predicted molar refractivity (Wildman–Crippen MR) is 145 cm³/mol. The molecule has 7 rings (SSSR count).